The van der Waals surface area contributed by atoms with Gasteiger partial charge in [0.15, 0.2) is 18.1 Å². The molecule has 0 aromatic heterocycles. The molecule has 1 fully saturated rings. The lowest BCUT2D eigenvalue weighted by Gasteiger charge is -2.31. The molecule has 1 N–H and O–H groups in total. The Labute approximate surface area is 189 Å². The molecule has 2 aromatic carbocycles. The molecule has 32 heavy (non-hydrogen) atoms. The minimum Gasteiger partial charge on any atom is -0.483 e. The van der Waals surface area contributed by atoms with Crippen LogP contribution in [-0.2, 0) is 21.2 Å². The zero-order chi connectivity index (χ0) is 22.9. The summed E-state index contributed by atoms with van der Waals surface area (Å²) in [6, 6.07) is 11.9. The van der Waals surface area contributed by atoms with Gasteiger partial charge in [-0.25, -0.2) is 8.42 Å². The zero-order valence-corrected chi connectivity index (χ0v) is 19.4. The summed E-state index contributed by atoms with van der Waals surface area (Å²) in [5, 5.41) is 2.74. The van der Waals surface area contributed by atoms with Gasteiger partial charge >= 0.3 is 0 Å². The molecule has 0 radical (unpaired) electrons. The number of piperazine rings is 1. The standard InChI is InChI=1S/C23H29N3O5S/c1-23(2)15-17-5-4-6-20(22(17)31-23)30-16-21(27)24-18-7-9-19(10-8-18)32(28,29)26-13-11-25(3)12-14-26/h4-10H,11-16H2,1-3H3,(H,24,27). The molecule has 9 heteroatoms. The fraction of sp³-hybridized carbons (Fsp3) is 0.435. The van der Waals surface area contributed by atoms with E-state index in [1.807, 2.05) is 33.0 Å². The molecule has 0 atom stereocenters. The van der Waals surface area contributed by atoms with Crippen LogP contribution in [0.25, 0.3) is 0 Å². The Kier molecular flexibility index (Phi) is 6.15. The molecule has 2 aromatic rings. The van der Waals surface area contributed by atoms with Crippen LogP contribution in [0.2, 0.25) is 0 Å². The predicted molar refractivity (Wildman–Crippen MR) is 122 cm³/mol. The summed E-state index contributed by atoms with van der Waals surface area (Å²) in [7, 11) is -1.56. The van der Waals surface area contributed by atoms with Gasteiger partial charge in [0.25, 0.3) is 5.91 Å². The Morgan fingerprint density at radius 1 is 1.09 bits per heavy atom. The fourth-order valence-corrected chi connectivity index (χ4v) is 5.35. The molecular weight excluding hydrogens is 430 g/mol. The maximum absolute atomic E-state index is 12.8. The van der Waals surface area contributed by atoms with Gasteiger partial charge in [0.05, 0.1) is 4.90 Å². The summed E-state index contributed by atoms with van der Waals surface area (Å²) >= 11 is 0. The van der Waals surface area contributed by atoms with Crippen molar-refractivity contribution in [1.82, 2.24) is 9.21 Å². The average molecular weight is 460 g/mol. The van der Waals surface area contributed by atoms with E-state index >= 15 is 0 Å². The number of nitrogens with one attached hydrogen (secondary N) is 1. The largest absolute Gasteiger partial charge is 0.483 e. The zero-order valence-electron chi connectivity index (χ0n) is 18.6. The quantitative estimate of drug-likeness (QED) is 0.714. The topological polar surface area (TPSA) is 88.2 Å². The summed E-state index contributed by atoms with van der Waals surface area (Å²) in [5.41, 5.74) is 1.27. The van der Waals surface area contributed by atoms with Crippen LogP contribution in [-0.4, -0.2) is 69.0 Å². The monoisotopic (exact) mass is 459 g/mol. The van der Waals surface area contributed by atoms with Crippen LogP contribution in [0.15, 0.2) is 47.4 Å². The first-order chi connectivity index (χ1) is 15.1. The first-order valence-electron chi connectivity index (χ1n) is 10.7. The maximum atomic E-state index is 12.8. The number of ether oxygens (including phenoxy) is 2. The van der Waals surface area contributed by atoms with E-state index in [0.29, 0.717) is 43.4 Å². The van der Waals surface area contributed by atoms with Crippen LogP contribution in [0, 0.1) is 0 Å². The van der Waals surface area contributed by atoms with Crippen molar-refractivity contribution >= 4 is 21.6 Å². The third kappa shape index (κ3) is 4.90. The summed E-state index contributed by atoms with van der Waals surface area (Å²) < 4.78 is 38.8. The second kappa shape index (κ2) is 8.73. The highest BCUT2D eigenvalue weighted by Gasteiger charge is 2.32. The van der Waals surface area contributed by atoms with Crippen molar-refractivity contribution in [2.45, 2.75) is 30.8 Å². The molecule has 0 spiro atoms. The minimum atomic E-state index is -3.54. The molecule has 2 aliphatic rings. The normalized spacial score (nSPS) is 18.6. The Hall–Kier alpha value is -2.62. The van der Waals surface area contributed by atoms with Crippen LogP contribution < -0.4 is 14.8 Å². The van der Waals surface area contributed by atoms with E-state index in [4.69, 9.17) is 9.47 Å². The van der Waals surface area contributed by atoms with Crippen LogP contribution in [0.5, 0.6) is 11.5 Å². The van der Waals surface area contributed by atoms with Gasteiger partial charge in [0, 0.05) is 43.9 Å². The molecule has 0 unspecified atom stereocenters. The lowest BCUT2D eigenvalue weighted by molar-refractivity contribution is -0.118. The number of hydrogen-bond acceptors (Lipinski definition) is 6. The third-order valence-electron chi connectivity index (χ3n) is 5.65. The van der Waals surface area contributed by atoms with E-state index in [0.717, 1.165) is 12.0 Å². The van der Waals surface area contributed by atoms with E-state index in [-0.39, 0.29) is 23.0 Å². The SMILES string of the molecule is CN1CCN(S(=O)(=O)c2ccc(NC(=O)COc3cccc4c3OC(C)(C)C4)cc2)CC1. The van der Waals surface area contributed by atoms with Crippen LogP contribution in [0.1, 0.15) is 19.4 Å². The van der Waals surface area contributed by atoms with E-state index in [1.54, 1.807) is 18.2 Å². The van der Waals surface area contributed by atoms with Crippen molar-refractivity contribution < 1.29 is 22.7 Å². The van der Waals surface area contributed by atoms with Gasteiger partial charge in [-0.15, -0.1) is 0 Å². The Morgan fingerprint density at radius 3 is 2.47 bits per heavy atom. The molecule has 0 saturated carbocycles. The highest BCUT2D eigenvalue weighted by atomic mass is 32.2. The Balaban J connectivity index is 1.35. The smallest absolute Gasteiger partial charge is 0.262 e. The van der Waals surface area contributed by atoms with Gasteiger partial charge in [0.2, 0.25) is 10.0 Å². The van der Waals surface area contributed by atoms with E-state index in [2.05, 4.69) is 10.2 Å². The number of fused-ring (bicyclic) bond motifs is 1. The fourth-order valence-electron chi connectivity index (χ4n) is 3.93. The molecule has 0 bridgehead atoms. The average Bonchev–Trinajstić information content (AvgIpc) is 3.07. The predicted octanol–water partition coefficient (Wildman–Crippen LogP) is 2.35. The number of sulfonamides is 1. The Bertz CT molecular complexity index is 1090. The second-order valence-electron chi connectivity index (χ2n) is 8.85. The number of anilines is 1. The van der Waals surface area contributed by atoms with Crippen LogP contribution in [0.4, 0.5) is 5.69 Å². The molecule has 0 aliphatic carbocycles. The van der Waals surface area contributed by atoms with Crippen molar-refractivity contribution in [3.63, 3.8) is 0 Å². The molecule has 2 aliphatic heterocycles. The number of carbonyl (C=O) groups is 1. The summed E-state index contributed by atoms with van der Waals surface area (Å²) in [6.45, 7) is 6.20. The van der Waals surface area contributed by atoms with E-state index < -0.39 is 10.0 Å². The maximum Gasteiger partial charge on any atom is 0.262 e. The highest BCUT2D eigenvalue weighted by Crippen LogP contribution is 2.41. The second-order valence-corrected chi connectivity index (χ2v) is 10.8. The lowest BCUT2D eigenvalue weighted by Crippen LogP contribution is -2.46. The first kappa shape index (κ1) is 22.6. The number of benzene rings is 2. The van der Waals surface area contributed by atoms with Crippen molar-refractivity contribution in [2.75, 3.05) is 45.2 Å². The molecular formula is C23H29N3O5S. The number of hydrogen-bond donors (Lipinski definition) is 1. The number of rotatable bonds is 6. The van der Waals surface area contributed by atoms with Gasteiger partial charge in [-0.3, -0.25) is 4.79 Å². The molecule has 172 valence electrons. The summed E-state index contributed by atoms with van der Waals surface area (Å²) in [5.74, 6) is 0.884. The molecule has 1 amide bonds. The van der Waals surface area contributed by atoms with Crippen LogP contribution in [0.3, 0.4) is 0 Å². The van der Waals surface area contributed by atoms with Gasteiger partial charge < -0.3 is 19.7 Å². The van der Waals surface area contributed by atoms with Crippen molar-refractivity contribution in [1.29, 1.82) is 0 Å². The third-order valence-corrected chi connectivity index (χ3v) is 7.56. The van der Waals surface area contributed by atoms with Gasteiger partial charge in [0.1, 0.15) is 5.60 Å². The van der Waals surface area contributed by atoms with Crippen LogP contribution >= 0.6 is 0 Å². The first-order valence-corrected chi connectivity index (χ1v) is 12.1. The van der Waals surface area contributed by atoms with E-state index in [9.17, 15) is 13.2 Å². The van der Waals surface area contributed by atoms with Gasteiger partial charge in [-0.1, -0.05) is 12.1 Å². The number of nitrogens with zero attached hydrogens (tertiary/aromatic N) is 2. The molecule has 2 heterocycles. The van der Waals surface area contributed by atoms with Gasteiger partial charge in [-0.2, -0.15) is 4.31 Å². The van der Waals surface area contributed by atoms with E-state index in [1.165, 1.54) is 16.4 Å². The van der Waals surface area contributed by atoms with Crippen molar-refractivity contribution in [3.05, 3.63) is 48.0 Å². The highest BCUT2D eigenvalue weighted by molar-refractivity contribution is 7.89. The van der Waals surface area contributed by atoms with Gasteiger partial charge in [-0.05, 0) is 51.2 Å². The summed E-state index contributed by atoms with van der Waals surface area (Å²) in [4.78, 5) is 14.7. The number of carbonyl (C=O) groups excluding carboxylic acids is 1. The lowest BCUT2D eigenvalue weighted by atomic mass is 10.0. The molecule has 8 nitrogen and oxygen atoms in total. The Morgan fingerprint density at radius 2 is 1.78 bits per heavy atom. The minimum absolute atomic E-state index is 0.179. The molecule has 1 saturated heterocycles. The van der Waals surface area contributed by atoms with Crippen molar-refractivity contribution in [3.8, 4) is 11.5 Å². The number of para-hydroxylation sites is 1. The number of amides is 1. The van der Waals surface area contributed by atoms with Crippen molar-refractivity contribution in [2.24, 2.45) is 0 Å². The summed E-state index contributed by atoms with van der Waals surface area (Å²) in [6.07, 6.45) is 0.787. The molecule has 4 rings (SSSR count). The number of likely N-dealkylation sites (N-methyl/N-ethyl adjacent to an activating group) is 1.